The molecule has 4 rings (SSSR count). The Morgan fingerprint density at radius 2 is 1.71 bits per heavy atom. The van der Waals surface area contributed by atoms with Gasteiger partial charge in [-0.15, -0.1) is 0 Å². The monoisotopic (exact) mass is 437 g/mol. The first kappa shape index (κ1) is 21.0. The molecule has 2 heterocycles. The second kappa shape index (κ2) is 9.26. The lowest BCUT2D eigenvalue weighted by molar-refractivity contribution is -0.112. The van der Waals surface area contributed by atoms with E-state index in [1.54, 1.807) is 28.9 Å². The first-order valence-electron chi connectivity index (χ1n) is 10.2. The molecule has 3 amide bonds. The molecule has 2 aromatic rings. The Balaban J connectivity index is 1.40. The van der Waals surface area contributed by atoms with E-state index in [2.05, 4.69) is 5.32 Å². The molecule has 2 aliphatic heterocycles. The third kappa shape index (κ3) is 4.74. The molecule has 160 valence electrons. The van der Waals surface area contributed by atoms with Crippen molar-refractivity contribution >= 4 is 41.4 Å². The quantitative estimate of drug-likeness (QED) is 0.741. The summed E-state index contributed by atoms with van der Waals surface area (Å²) in [6, 6.07) is 14.9. The molecule has 31 heavy (non-hydrogen) atoms. The maximum Gasteiger partial charge on any atom is 0.409 e. The van der Waals surface area contributed by atoms with Crippen molar-refractivity contribution in [3.63, 3.8) is 0 Å². The third-order valence-corrected chi connectivity index (χ3v) is 6.23. The van der Waals surface area contributed by atoms with Gasteiger partial charge < -0.3 is 19.9 Å². The minimum atomic E-state index is -0.334. The molecule has 7 nitrogen and oxygen atoms in total. The van der Waals surface area contributed by atoms with E-state index in [4.69, 9.17) is 4.74 Å². The summed E-state index contributed by atoms with van der Waals surface area (Å²) in [4.78, 5) is 41.9. The summed E-state index contributed by atoms with van der Waals surface area (Å²) in [6.07, 6.45) is 1.49. The average Bonchev–Trinajstić information content (AvgIpc) is 2.80. The van der Waals surface area contributed by atoms with E-state index in [1.807, 2.05) is 42.5 Å². The lowest BCUT2D eigenvalue weighted by Gasteiger charge is -2.34. The average molecular weight is 438 g/mol. The van der Waals surface area contributed by atoms with Crippen LogP contribution < -0.4 is 5.32 Å². The van der Waals surface area contributed by atoms with Crippen molar-refractivity contribution in [2.24, 2.45) is 0 Å². The number of benzene rings is 2. The van der Waals surface area contributed by atoms with Crippen molar-refractivity contribution in [3.8, 4) is 0 Å². The van der Waals surface area contributed by atoms with Gasteiger partial charge in [0.25, 0.3) is 11.8 Å². The second-order valence-corrected chi connectivity index (χ2v) is 8.24. The summed E-state index contributed by atoms with van der Waals surface area (Å²) in [5.74, 6) is -0.204. The molecule has 8 heteroatoms. The fraction of sp³-hybridized carbons (Fsp3) is 0.261. The maximum atomic E-state index is 12.8. The number of ether oxygens (including phenoxy) is 1. The largest absolute Gasteiger partial charge is 0.450 e. The zero-order chi connectivity index (χ0) is 21.8. The fourth-order valence-electron chi connectivity index (χ4n) is 3.47. The smallest absolute Gasteiger partial charge is 0.409 e. The van der Waals surface area contributed by atoms with Crippen LogP contribution >= 0.6 is 11.8 Å². The van der Waals surface area contributed by atoms with E-state index in [0.29, 0.717) is 43.3 Å². The van der Waals surface area contributed by atoms with E-state index >= 15 is 0 Å². The van der Waals surface area contributed by atoms with E-state index in [0.717, 1.165) is 16.1 Å². The second-order valence-electron chi connectivity index (χ2n) is 7.16. The number of hydrogen-bond donors (Lipinski definition) is 1. The molecular weight excluding hydrogens is 414 g/mol. The Labute approximate surface area is 185 Å². The lowest BCUT2D eigenvalue weighted by atomic mass is 10.1. The van der Waals surface area contributed by atoms with E-state index in [1.165, 1.54) is 11.8 Å². The van der Waals surface area contributed by atoms with E-state index in [9.17, 15) is 14.4 Å². The molecule has 0 bridgehead atoms. The van der Waals surface area contributed by atoms with Crippen LogP contribution in [0.5, 0.6) is 0 Å². The number of carbonyl (C=O) groups is 3. The van der Waals surface area contributed by atoms with Gasteiger partial charge in [0.1, 0.15) is 0 Å². The minimum absolute atomic E-state index is 0.0681. The zero-order valence-electron chi connectivity index (χ0n) is 17.2. The Kier molecular flexibility index (Phi) is 6.27. The summed E-state index contributed by atoms with van der Waals surface area (Å²) < 4.78 is 5.01. The van der Waals surface area contributed by atoms with Crippen LogP contribution in [-0.4, -0.2) is 60.5 Å². The summed E-state index contributed by atoms with van der Waals surface area (Å²) in [5, 5.41) is 2.90. The molecule has 2 aromatic carbocycles. The number of hydrogen-bond acceptors (Lipinski definition) is 5. The number of anilines is 1. The Morgan fingerprint density at radius 1 is 1.03 bits per heavy atom. The number of nitrogens with zero attached hydrogens (tertiary/aromatic N) is 2. The molecule has 0 radical (unpaired) electrons. The Bertz CT molecular complexity index is 1030. The molecule has 0 aromatic heterocycles. The Hall–Kier alpha value is -3.26. The van der Waals surface area contributed by atoms with Crippen LogP contribution in [-0.2, 0) is 9.53 Å². The van der Waals surface area contributed by atoms with Crippen LogP contribution in [0, 0.1) is 0 Å². The predicted molar refractivity (Wildman–Crippen MR) is 120 cm³/mol. The van der Waals surface area contributed by atoms with Gasteiger partial charge in [0.2, 0.25) is 0 Å². The SMILES string of the molecule is CCOC(=O)N1CCN(C(=O)c2ccc(C=C3Sc4ccccc4NC3=O)cc2)CC1. The molecule has 0 saturated carbocycles. The molecule has 2 aliphatic rings. The van der Waals surface area contributed by atoms with Crippen molar-refractivity contribution in [3.05, 3.63) is 64.6 Å². The third-order valence-electron chi connectivity index (χ3n) is 5.13. The van der Waals surface area contributed by atoms with Crippen molar-refractivity contribution in [2.75, 3.05) is 38.1 Å². The molecule has 1 fully saturated rings. The van der Waals surface area contributed by atoms with Crippen LogP contribution in [0.25, 0.3) is 6.08 Å². The van der Waals surface area contributed by atoms with Gasteiger partial charge in [-0.3, -0.25) is 9.59 Å². The van der Waals surface area contributed by atoms with Crippen LogP contribution in [0.3, 0.4) is 0 Å². The topological polar surface area (TPSA) is 79.0 Å². The number of piperazine rings is 1. The number of para-hydroxylation sites is 1. The molecule has 0 atom stereocenters. The molecule has 1 N–H and O–H groups in total. The van der Waals surface area contributed by atoms with Crippen molar-refractivity contribution in [2.45, 2.75) is 11.8 Å². The highest BCUT2D eigenvalue weighted by molar-refractivity contribution is 8.04. The highest BCUT2D eigenvalue weighted by Crippen LogP contribution is 2.38. The summed E-state index contributed by atoms with van der Waals surface area (Å²) >= 11 is 1.43. The molecule has 0 spiro atoms. The highest BCUT2D eigenvalue weighted by atomic mass is 32.2. The Morgan fingerprint density at radius 3 is 2.42 bits per heavy atom. The minimum Gasteiger partial charge on any atom is -0.450 e. The van der Waals surface area contributed by atoms with Gasteiger partial charge in [-0.1, -0.05) is 36.0 Å². The van der Waals surface area contributed by atoms with E-state index in [-0.39, 0.29) is 17.9 Å². The van der Waals surface area contributed by atoms with Gasteiger partial charge in [-0.2, -0.15) is 0 Å². The van der Waals surface area contributed by atoms with Crippen molar-refractivity contribution < 1.29 is 19.1 Å². The van der Waals surface area contributed by atoms with Crippen molar-refractivity contribution in [1.29, 1.82) is 0 Å². The fourth-order valence-corrected chi connectivity index (χ4v) is 4.42. The van der Waals surface area contributed by atoms with Crippen LogP contribution in [0.1, 0.15) is 22.8 Å². The van der Waals surface area contributed by atoms with Gasteiger partial charge in [0.15, 0.2) is 0 Å². The van der Waals surface area contributed by atoms with Gasteiger partial charge in [-0.25, -0.2) is 4.79 Å². The summed E-state index contributed by atoms with van der Waals surface area (Å²) in [5.41, 5.74) is 2.25. The highest BCUT2D eigenvalue weighted by Gasteiger charge is 2.25. The first-order chi connectivity index (χ1) is 15.0. The number of nitrogens with one attached hydrogen (secondary N) is 1. The normalized spacial score (nSPS) is 17.2. The summed E-state index contributed by atoms with van der Waals surface area (Å²) in [6.45, 7) is 3.98. The number of amides is 3. The van der Waals surface area contributed by atoms with E-state index < -0.39 is 0 Å². The van der Waals surface area contributed by atoms with Crippen LogP contribution in [0.2, 0.25) is 0 Å². The lowest BCUT2D eigenvalue weighted by Crippen LogP contribution is -2.50. The standard InChI is InChI=1S/C23H23N3O4S/c1-2-30-23(29)26-13-11-25(12-14-26)22(28)17-9-7-16(8-10-17)15-20-21(27)24-18-5-3-4-6-19(18)31-20/h3-10,15H,2,11-14H2,1H3,(H,24,27). The number of thioether (sulfide) groups is 1. The van der Waals surface area contributed by atoms with Crippen LogP contribution in [0.4, 0.5) is 10.5 Å². The van der Waals surface area contributed by atoms with Gasteiger partial charge in [-0.05, 0) is 42.8 Å². The first-order valence-corrected chi connectivity index (χ1v) is 11.0. The molecule has 0 aliphatic carbocycles. The maximum absolute atomic E-state index is 12.8. The zero-order valence-corrected chi connectivity index (χ0v) is 18.0. The molecule has 0 unspecified atom stereocenters. The number of carbonyl (C=O) groups excluding carboxylic acids is 3. The van der Waals surface area contributed by atoms with Gasteiger partial charge in [0.05, 0.1) is 17.2 Å². The predicted octanol–water partition coefficient (Wildman–Crippen LogP) is 3.69. The summed E-state index contributed by atoms with van der Waals surface area (Å²) in [7, 11) is 0. The van der Waals surface area contributed by atoms with Gasteiger partial charge >= 0.3 is 6.09 Å². The number of rotatable bonds is 3. The van der Waals surface area contributed by atoms with Gasteiger partial charge in [0, 0.05) is 36.6 Å². The van der Waals surface area contributed by atoms with Crippen LogP contribution in [0.15, 0.2) is 58.3 Å². The number of fused-ring (bicyclic) bond motifs is 1. The molecular formula is C23H23N3O4S. The van der Waals surface area contributed by atoms with Crippen molar-refractivity contribution in [1.82, 2.24) is 9.80 Å². The molecule has 1 saturated heterocycles.